The molecule has 0 bridgehead atoms. The summed E-state index contributed by atoms with van der Waals surface area (Å²) in [6, 6.07) is 3.31. The van der Waals surface area contributed by atoms with Gasteiger partial charge in [0.15, 0.2) is 6.10 Å². The number of hydrogen-bond acceptors (Lipinski definition) is 3. The molecule has 0 aliphatic heterocycles. The van der Waals surface area contributed by atoms with E-state index in [0.29, 0.717) is 6.42 Å². The van der Waals surface area contributed by atoms with Crippen LogP contribution in [-0.2, 0) is 0 Å². The molecule has 0 aliphatic rings. The fourth-order valence-electron chi connectivity index (χ4n) is 0.508. The highest BCUT2D eigenvalue weighted by Gasteiger charge is 2.06. The van der Waals surface area contributed by atoms with E-state index in [1.54, 1.807) is 12.1 Å². The van der Waals surface area contributed by atoms with Crippen LogP contribution in [0.2, 0.25) is 0 Å². The molecule has 0 saturated carbocycles. The number of hydrogen-bond donors (Lipinski definition) is 1. The summed E-state index contributed by atoms with van der Waals surface area (Å²) in [6.07, 6.45) is 0.931. The molecule has 52 valence electrons. The molecule has 0 aliphatic carbocycles. The zero-order valence-corrected chi connectivity index (χ0v) is 5.70. The summed E-state index contributed by atoms with van der Waals surface area (Å²) in [6.45, 7) is 1.83. The lowest BCUT2D eigenvalue weighted by atomic mass is 10.1. The van der Waals surface area contributed by atoms with Crippen LogP contribution in [0.3, 0.4) is 0 Å². The zero-order valence-electron chi connectivity index (χ0n) is 5.70. The summed E-state index contributed by atoms with van der Waals surface area (Å²) in [4.78, 5) is 0. The Balaban J connectivity index is 4.28. The van der Waals surface area contributed by atoms with Crippen LogP contribution >= 0.6 is 0 Å². The average Bonchev–Trinajstić information content (AvgIpc) is 1.99. The summed E-state index contributed by atoms with van der Waals surface area (Å²) < 4.78 is 0. The third kappa shape index (κ3) is 2.30. The van der Waals surface area contributed by atoms with Crippen molar-refractivity contribution in [3.8, 4) is 12.1 Å². The van der Waals surface area contributed by atoms with Crippen molar-refractivity contribution in [1.29, 1.82) is 10.5 Å². The van der Waals surface area contributed by atoms with Crippen molar-refractivity contribution in [3.63, 3.8) is 0 Å². The number of allylic oxidation sites excluding steroid dienone is 1. The van der Waals surface area contributed by atoms with Gasteiger partial charge < -0.3 is 5.11 Å². The van der Waals surface area contributed by atoms with Crippen LogP contribution in [0.15, 0.2) is 11.6 Å². The van der Waals surface area contributed by atoms with E-state index < -0.39 is 6.10 Å². The van der Waals surface area contributed by atoms with E-state index in [1.165, 1.54) is 6.08 Å². The largest absolute Gasteiger partial charge is 0.373 e. The van der Waals surface area contributed by atoms with Crippen LogP contribution in [0.25, 0.3) is 0 Å². The fraction of sp³-hybridized carbons (Fsp3) is 0.429. The molecular formula is C7H8N2O. The molecule has 0 spiro atoms. The first kappa shape index (κ1) is 8.68. The van der Waals surface area contributed by atoms with E-state index in [1.807, 2.05) is 6.92 Å². The van der Waals surface area contributed by atoms with E-state index in [2.05, 4.69) is 0 Å². The maximum atomic E-state index is 8.80. The lowest BCUT2D eigenvalue weighted by Gasteiger charge is -1.95. The Kier molecular flexibility index (Phi) is 3.95. The van der Waals surface area contributed by atoms with Gasteiger partial charge in [0.25, 0.3) is 0 Å². The van der Waals surface area contributed by atoms with Gasteiger partial charge in [-0.2, -0.15) is 10.5 Å². The second kappa shape index (κ2) is 4.55. The Hall–Kier alpha value is -1.32. The van der Waals surface area contributed by atoms with Crippen molar-refractivity contribution in [3.05, 3.63) is 11.6 Å². The van der Waals surface area contributed by atoms with Gasteiger partial charge in [-0.3, -0.25) is 0 Å². The third-order valence-corrected chi connectivity index (χ3v) is 0.970. The topological polar surface area (TPSA) is 67.8 Å². The van der Waals surface area contributed by atoms with E-state index in [4.69, 9.17) is 15.6 Å². The van der Waals surface area contributed by atoms with Crippen LogP contribution in [-0.4, -0.2) is 11.2 Å². The van der Waals surface area contributed by atoms with Gasteiger partial charge in [-0.05, 0) is 6.42 Å². The second-order valence-electron chi connectivity index (χ2n) is 1.71. The van der Waals surface area contributed by atoms with Crippen molar-refractivity contribution in [1.82, 2.24) is 0 Å². The molecular weight excluding hydrogens is 128 g/mol. The van der Waals surface area contributed by atoms with Gasteiger partial charge in [0.2, 0.25) is 0 Å². The van der Waals surface area contributed by atoms with Crippen LogP contribution < -0.4 is 0 Å². The highest BCUT2D eigenvalue weighted by Crippen LogP contribution is 2.00. The molecule has 0 heterocycles. The minimum Gasteiger partial charge on any atom is -0.373 e. The molecule has 0 aromatic carbocycles. The minimum atomic E-state index is -1.26. The molecule has 0 amide bonds. The lowest BCUT2D eigenvalue weighted by molar-refractivity contribution is 0.270. The Morgan fingerprint density at radius 3 is 2.60 bits per heavy atom. The van der Waals surface area contributed by atoms with E-state index in [0.717, 1.165) is 0 Å². The summed E-state index contributed by atoms with van der Waals surface area (Å²) in [5.74, 6) is 0. The maximum absolute atomic E-state index is 8.80. The third-order valence-electron chi connectivity index (χ3n) is 0.970. The molecule has 0 rings (SSSR count). The van der Waals surface area contributed by atoms with Gasteiger partial charge in [-0.1, -0.05) is 13.0 Å². The Morgan fingerprint density at radius 1 is 1.70 bits per heavy atom. The monoisotopic (exact) mass is 136 g/mol. The standard InChI is InChI=1S/C7H8N2O/c1-2-3-6(4-8)7(10)5-9/h3,7,10H,2H2,1H3/b6-3-. The lowest BCUT2D eigenvalue weighted by Crippen LogP contribution is -2.04. The van der Waals surface area contributed by atoms with E-state index in [9.17, 15) is 0 Å². The average molecular weight is 136 g/mol. The predicted molar refractivity (Wildman–Crippen MR) is 35.6 cm³/mol. The molecule has 10 heavy (non-hydrogen) atoms. The van der Waals surface area contributed by atoms with Gasteiger partial charge in [-0.15, -0.1) is 0 Å². The van der Waals surface area contributed by atoms with Crippen molar-refractivity contribution in [2.75, 3.05) is 0 Å². The van der Waals surface area contributed by atoms with Crippen LogP contribution in [0.1, 0.15) is 13.3 Å². The van der Waals surface area contributed by atoms with Crippen molar-refractivity contribution < 1.29 is 5.11 Å². The summed E-state index contributed by atoms with van der Waals surface area (Å²) in [5, 5.41) is 25.3. The highest BCUT2D eigenvalue weighted by molar-refractivity contribution is 5.29. The predicted octanol–water partition coefficient (Wildman–Crippen LogP) is 0.731. The first-order valence-corrected chi connectivity index (χ1v) is 2.94. The molecule has 1 unspecified atom stereocenters. The molecule has 0 aromatic heterocycles. The molecule has 3 heteroatoms. The number of nitriles is 2. The number of aliphatic hydroxyl groups is 1. The van der Waals surface area contributed by atoms with Gasteiger partial charge >= 0.3 is 0 Å². The van der Waals surface area contributed by atoms with Gasteiger partial charge in [-0.25, -0.2) is 0 Å². The van der Waals surface area contributed by atoms with Gasteiger partial charge in [0.1, 0.15) is 0 Å². The molecule has 1 N–H and O–H groups in total. The van der Waals surface area contributed by atoms with Gasteiger partial charge in [0.05, 0.1) is 17.7 Å². The van der Waals surface area contributed by atoms with E-state index in [-0.39, 0.29) is 5.57 Å². The van der Waals surface area contributed by atoms with Crippen LogP contribution in [0.4, 0.5) is 0 Å². The molecule has 0 aromatic rings. The van der Waals surface area contributed by atoms with Crippen molar-refractivity contribution >= 4 is 0 Å². The Bertz CT molecular complexity index is 207. The number of aliphatic hydroxyl groups excluding tert-OH is 1. The van der Waals surface area contributed by atoms with Gasteiger partial charge in [0, 0.05) is 0 Å². The molecule has 0 saturated heterocycles. The van der Waals surface area contributed by atoms with E-state index >= 15 is 0 Å². The molecule has 0 fully saturated rings. The second-order valence-corrected chi connectivity index (χ2v) is 1.71. The Labute approximate surface area is 59.8 Å². The quantitative estimate of drug-likeness (QED) is 0.449. The first-order valence-electron chi connectivity index (χ1n) is 2.94. The smallest absolute Gasteiger partial charge is 0.175 e. The zero-order chi connectivity index (χ0) is 7.98. The summed E-state index contributed by atoms with van der Waals surface area (Å²) in [5.41, 5.74) is 0.130. The maximum Gasteiger partial charge on any atom is 0.175 e. The number of rotatable bonds is 2. The van der Waals surface area contributed by atoms with Crippen molar-refractivity contribution in [2.24, 2.45) is 0 Å². The summed E-state index contributed by atoms with van der Waals surface area (Å²) >= 11 is 0. The SMILES string of the molecule is CC/C=C(/C#N)C(O)C#N. The fourth-order valence-corrected chi connectivity index (χ4v) is 0.508. The number of nitrogens with zero attached hydrogens (tertiary/aromatic N) is 2. The Morgan fingerprint density at radius 2 is 2.30 bits per heavy atom. The van der Waals surface area contributed by atoms with Crippen molar-refractivity contribution in [2.45, 2.75) is 19.4 Å². The highest BCUT2D eigenvalue weighted by atomic mass is 16.3. The molecule has 0 radical (unpaired) electrons. The molecule has 3 nitrogen and oxygen atoms in total. The van der Waals surface area contributed by atoms with Crippen LogP contribution in [0, 0.1) is 22.7 Å². The first-order chi connectivity index (χ1) is 4.76. The normalized spacial score (nSPS) is 13.4. The van der Waals surface area contributed by atoms with Crippen LogP contribution in [0.5, 0.6) is 0 Å². The minimum absolute atomic E-state index is 0.130. The summed E-state index contributed by atoms with van der Waals surface area (Å²) in [7, 11) is 0. The molecule has 1 atom stereocenters.